The zero-order chi connectivity index (χ0) is 13.0. The lowest BCUT2D eigenvalue weighted by atomic mass is 9.97. The van der Waals surface area contributed by atoms with E-state index in [2.05, 4.69) is 5.32 Å². The second kappa shape index (κ2) is 5.86. The van der Waals surface area contributed by atoms with Gasteiger partial charge in [-0.25, -0.2) is 9.59 Å². The van der Waals surface area contributed by atoms with Gasteiger partial charge in [-0.15, -0.1) is 0 Å². The normalized spacial score (nSPS) is 26.4. The topological polar surface area (TPSA) is 89.9 Å². The summed E-state index contributed by atoms with van der Waals surface area (Å²) in [6, 6.07) is -1.21. The first kappa shape index (κ1) is 13.8. The van der Waals surface area contributed by atoms with Gasteiger partial charge in [-0.1, -0.05) is 13.8 Å². The van der Waals surface area contributed by atoms with Crippen molar-refractivity contribution >= 4 is 12.0 Å². The fraction of sp³-hybridized carbons (Fsp3) is 0.818. The molecule has 0 radical (unpaired) electrons. The zero-order valence-corrected chi connectivity index (χ0v) is 10.2. The molecule has 0 aliphatic carbocycles. The molecule has 3 N–H and O–H groups in total. The number of hydrogen-bond donors (Lipinski definition) is 3. The van der Waals surface area contributed by atoms with Crippen molar-refractivity contribution in [2.24, 2.45) is 5.92 Å². The lowest BCUT2D eigenvalue weighted by Crippen LogP contribution is -2.52. The second-order valence-electron chi connectivity index (χ2n) is 4.53. The maximum Gasteiger partial charge on any atom is 0.326 e. The van der Waals surface area contributed by atoms with E-state index in [4.69, 9.17) is 5.11 Å². The summed E-state index contributed by atoms with van der Waals surface area (Å²) in [5.41, 5.74) is 0. The van der Waals surface area contributed by atoms with Crippen LogP contribution in [-0.4, -0.2) is 52.3 Å². The molecule has 98 valence electrons. The number of carboxylic acid groups (broad SMARTS) is 1. The van der Waals surface area contributed by atoms with Crippen molar-refractivity contribution < 1.29 is 19.8 Å². The summed E-state index contributed by atoms with van der Waals surface area (Å²) in [6.07, 6.45) is 0.520. The lowest BCUT2D eigenvalue weighted by molar-refractivity contribution is -0.139. The summed E-state index contributed by atoms with van der Waals surface area (Å²) in [5.74, 6) is -0.995. The van der Waals surface area contributed by atoms with Crippen LogP contribution in [0.1, 0.15) is 26.7 Å². The van der Waals surface area contributed by atoms with Gasteiger partial charge < -0.3 is 20.4 Å². The van der Waals surface area contributed by atoms with Gasteiger partial charge in [0.15, 0.2) is 0 Å². The van der Waals surface area contributed by atoms with Gasteiger partial charge in [-0.3, -0.25) is 0 Å². The Morgan fingerprint density at radius 3 is 2.65 bits per heavy atom. The molecule has 2 unspecified atom stereocenters. The van der Waals surface area contributed by atoms with Crippen LogP contribution in [0, 0.1) is 5.92 Å². The van der Waals surface area contributed by atoms with Crippen LogP contribution in [0.15, 0.2) is 0 Å². The number of hydrogen-bond acceptors (Lipinski definition) is 3. The van der Waals surface area contributed by atoms with E-state index in [-0.39, 0.29) is 18.1 Å². The number of nitrogens with one attached hydrogen (secondary N) is 1. The monoisotopic (exact) mass is 244 g/mol. The first-order valence-corrected chi connectivity index (χ1v) is 5.92. The van der Waals surface area contributed by atoms with Crippen molar-refractivity contribution in [1.29, 1.82) is 0 Å². The average Bonchev–Trinajstić information content (AvgIpc) is 2.28. The highest BCUT2D eigenvalue weighted by molar-refractivity contribution is 5.82. The first-order chi connectivity index (χ1) is 7.95. The first-order valence-electron chi connectivity index (χ1n) is 5.92. The fourth-order valence-corrected chi connectivity index (χ4v) is 1.90. The fourth-order valence-electron chi connectivity index (χ4n) is 1.90. The summed E-state index contributed by atoms with van der Waals surface area (Å²) >= 11 is 0. The van der Waals surface area contributed by atoms with Gasteiger partial charge in [-0.05, 0) is 18.8 Å². The van der Waals surface area contributed by atoms with Gasteiger partial charge in [0, 0.05) is 13.1 Å². The van der Waals surface area contributed by atoms with Crippen LogP contribution >= 0.6 is 0 Å². The highest BCUT2D eigenvalue weighted by atomic mass is 16.4. The van der Waals surface area contributed by atoms with E-state index in [0.29, 0.717) is 25.9 Å². The zero-order valence-electron chi connectivity index (χ0n) is 10.2. The van der Waals surface area contributed by atoms with E-state index in [9.17, 15) is 14.7 Å². The van der Waals surface area contributed by atoms with Crippen LogP contribution in [0.2, 0.25) is 0 Å². The number of carbonyl (C=O) groups is 2. The maximum absolute atomic E-state index is 11.8. The number of nitrogens with zero attached hydrogens (tertiary/aromatic N) is 1. The second-order valence-corrected chi connectivity index (χ2v) is 4.53. The smallest absolute Gasteiger partial charge is 0.326 e. The highest BCUT2D eigenvalue weighted by Crippen LogP contribution is 2.16. The molecule has 0 bridgehead atoms. The van der Waals surface area contributed by atoms with Crippen molar-refractivity contribution in [3.8, 4) is 0 Å². The van der Waals surface area contributed by atoms with Crippen molar-refractivity contribution in [3.05, 3.63) is 0 Å². The minimum atomic E-state index is -1.02. The minimum absolute atomic E-state index is 0.0272. The maximum atomic E-state index is 11.8. The Hall–Kier alpha value is -1.30. The Balaban J connectivity index is 2.50. The predicted octanol–water partition coefficient (Wildman–Crippen LogP) is 0.262. The summed E-state index contributed by atoms with van der Waals surface area (Å²) in [6.45, 7) is 4.51. The number of aliphatic carboxylic acids is 1. The van der Waals surface area contributed by atoms with Crippen molar-refractivity contribution in [3.63, 3.8) is 0 Å². The summed E-state index contributed by atoms with van der Waals surface area (Å²) < 4.78 is 0. The Morgan fingerprint density at radius 2 is 2.18 bits per heavy atom. The molecule has 2 amide bonds. The van der Waals surface area contributed by atoms with Gasteiger partial charge in [0.2, 0.25) is 0 Å². The van der Waals surface area contributed by atoms with E-state index in [1.54, 1.807) is 11.8 Å². The molecule has 1 rings (SSSR count). The molecule has 1 heterocycles. The molecule has 0 spiro atoms. The highest BCUT2D eigenvalue weighted by Gasteiger charge is 2.28. The number of carbonyl (C=O) groups excluding carboxylic acids is 1. The van der Waals surface area contributed by atoms with Crippen LogP contribution in [-0.2, 0) is 4.79 Å². The number of likely N-dealkylation sites (tertiary alicyclic amines) is 1. The molecule has 17 heavy (non-hydrogen) atoms. The predicted molar refractivity (Wildman–Crippen MR) is 61.6 cm³/mol. The van der Waals surface area contributed by atoms with Gasteiger partial charge in [-0.2, -0.15) is 0 Å². The van der Waals surface area contributed by atoms with Crippen molar-refractivity contribution in [2.45, 2.75) is 38.8 Å². The van der Waals surface area contributed by atoms with Crippen LogP contribution in [0.3, 0.4) is 0 Å². The number of piperidine rings is 1. The number of aliphatic hydroxyl groups is 1. The SMILES string of the molecule is CC[C@H](NC(=O)N1CCC(O)C(C)C1)C(=O)O. The summed E-state index contributed by atoms with van der Waals surface area (Å²) in [4.78, 5) is 24.1. The largest absolute Gasteiger partial charge is 0.480 e. The minimum Gasteiger partial charge on any atom is -0.480 e. The third-order valence-electron chi connectivity index (χ3n) is 3.15. The van der Waals surface area contributed by atoms with E-state index >= 15 is 0 Å². The number of amides is 2. The molecule has 0 aromatic carbocycles. The molecule has 1 aliphatic rings. The Labute approximate surface area is 101 Å². The molecule has 1 fully saturated rings. The van der Waals surface area contributed by atoms with E-state index < -0.39 is 12.0 Å². The molecule has 6 heteroatoms. The Morgan fingerprint density at radius 1 is 1.53 bits per heavy atom. The third-order valence-corrected chi connectivity index (χ3v) is 3.15. The van der Waals surface area contributed by atoms with Crippen LogP contribution in [0.25, 0.3) is 0 Å². The molecule has 0 aromatic heterocycles. The van der Waals surface area contributed by atoms with Gasteiger partial charge in [0.1, 0.15) is 6.04 Å². The van der Waals surface area contributed by atoms with Crippen LogP contribution in [0.4, 0.5) is 4.79 Å². The van der Waals surface area contributed by atoms with Gasteiger partial charge in [0.25, 0.3) is 0 Å². The van der Waals surface area contributed by atoms with Crippen molar-refractivity contribution in [1.82, 2.24) is 10.2 Å². The number of urea groups is 1. The number of aliphatic hydroxyl groups excluding tert-OH is 1. The average molecular weight is 244 g/mol. The quantitative estimate of drug-likeness (QED) is 0.664. The summed E-state index contributed by atoms with van der Waals surface area (Å²) in [5, 5.41) is 20.9. The Kier molecular flexibility index (Phi) is 4.74. The Bertz CT molecular complexity index is 295. The summed E-state index contributed by atoms with van der Waals surface area (Å²) in [7, 11) is 0. The molecular weight excluding hydrogens is 224 g/mol. The molecule has 0 aromatic rings. The van der Waals surface area contributed by atoms with Crippen LogP contribution in [0.5, 0.6) is 0 Å². The molecule has 1 aliphatic heterocycles. The molecule has 3 atom stereocenters. The van der Waals surface area contributed by atoms with E-state index in [0.717, 1.165) is 0 Å². The number of rotatable bonds is 3. The molecule has 1 saturated heterocycles. The third kappa shape index (κ3) is 3.59. The molecule has 6 nitrogen and oxygen atoms in total. The van der Waals surface area contributed by atoms with E-state index in [1.807, 2.05) is 6.92 Å². The molecule has 0 saturated carbocycles. The van der Waals surface area contributed by atoms with E-state index in [1.165, 1.54) is 0 Å². The number of carboxylic acids is 1. The lowest BCUT2D eigenvalue weighted by Gasteiger charge is -2.34. The standard InChI is InChI=1S/C11H20N2O4/c1-3-8(10(15)16)12-11(17)13-5-4-9(14)7(2)6-13/h7-9,14H,3-6H2,1-2H3,(H,12,17)(H,15,16)/t7?,8-,9?/m0/s1. The van der Waals surface area contributed by atoms with Gasteiger partial charge >= 0.3 is 12.0 Å². The van der Waals surface area contributed by atoms with Gasteiger partial charge in [0.05, 0.1) is 6.10 Å². The van der Waals surface area contributed by atoms with Crippen LogP contribution < -0.4 is 5.32 Å². The van der Waals surface area contributed by atoms with Crippen molar-refractivity contribution in [2.75, 3.05) is 13.1 Å². The molecular formula is C11H20N2O4.